The Morgan fingerprint density at radius 1 is 1.23 bits per heavy atom. The first-order valence-electron chi connectivity index (χ1n) is 9.22. The zero-order valence-electron chi connectivity index (χ0n) is 16.9. The number of Topliss-reactive ketones (excluding diaryl/α,β-unsaturated/α-hetero) is 1. The van der Waals surface area contributed by atoms with Crippen molar-refractivity contribution in [1.82, 2.24) is 5.32 Å². The fourth-order valence-corrected chi connectivity index (χ4v) is 3.94. The van der Waals surface area contributed by atoms with Crippen molar-refractivity contribution >= 4 is 35.4 Å². The molecule has 8 nitrogen and oxygen atoms in total. The Kier molecular flexibility index (Phi) is 8.18. The van der Waals surface area contributed by atoms with Crippen LogP contribution in [-0.4, -0.2) is 43.1 Å². The number of carbonyl (C=O) groups is 4. The van der Waals surface area contributed by atoms with Crippen LogP contribution in [-0.2, 0) is 28.7 Å². The average molecular weight is 430 g/mol. The van der Waals surface area contributed by atoms with Crippen molar-refractivity contribution in [3.8, 4) is 6.07 Å². The molecule has 1 aliphatic rings. The summed E-state index contributed by atoms with van der Waals surface area (Å²) < 4.78 is 9.53. The van der Waals surface area contributed by atoms with E-state index in [4.69, 9.17) is 9.47 Å². The number of thioether (sulfide) groups is 1. The van der Waals surface area contributed by atoms with E-state index in [1.54, 1.807) is 19.1 Å². The summed E-state index contributed by atoms with van der Waals surface area (Å²) in [6, 6.07) is 9.21. The number of hydrogen-bond donors (Lipinski definition) is 1. The number of carbonyl (C=O) groups excluding carboxylic acids is 4. The van der Waals surface area contributed by atoms with Gasteiger partial charge in [0.2, 0.25) is 5.91 Å². The van der Waals surface area contributed by atoms with Gasteiger partial charge in [0.1, 0.15) is 12.3 Å². The zero-order valence-corrected chi connectivity index (χ0v) is 17.7. The van der Waals surface area contributed by atoms with Gasteiger partial charge in [0.05, 0.1) is 36.1 Å². The molecule has 0 saturated heterocycles. The maximum atomic E-state index is 12.7. The third-order valence-electron chi connectivity index (χ3n) is 4.44. The highest BCUT2D eigenvalue weighted by Gasteiger charge is 2.44. The number of ether oxygens (including phenoxy) is 2. The molecule has 1 amide bonds. The van der Waals surface area contributed by atoms with Crippen molar-refractivity contribution in [3.63, 3.8) is 0 Å². The number of benzene rings is 1. The Hall–Kier alpha value is -3.12. The number of allylic oxidation sites excluding steroid dienone is 1. The van der Waals surface area contributed by atoms with Crippen LogP contribution in [0.15, 0.2) is 34.9 Å². The van der Waals surface area contributed by atoms with Gasteiger partial charge in [-0.3, -0.25) is 19.2 Å². The van der Waals surface area contributed by atoms with Crippen LogP contribution in [0.1, 0.15) is 30.4 Å². The summed E-state index contributed by atoms with van der Waals surface area (Å²) in [6.45, 7) is 3.71. The fraction of sp³-hybridized carbons (Fsp3) is 0.381. The maximum Gasteiger partial charge on any atom is 0.319 e. The minimum atomic E-state index is -1.23. The lowest BCUT2D eigenvalue weighted by Crippen LogP contribution is -2.44. The van der Waals surface area contributed by atoms with Crippen LogP contribution in [0.2, 0.25) is 0 Å². The smallest absolute Gasteiger partial charge is 0.319 e. The molecule has 0 spiro atoms. The maximum absolute atomic E-state index is 12.7. The number of rotatable bonds is 8. The molecule has 1 N–H and O–H groups in total. The molecule has 1 heterocycles. The quantitative estimate of drug-likeness (QED) is 0.491. The van der Waals surface area contributed by atoms with E-state index >= 15 is 0 Å². The van der Waals surface area contributed by atoms with Crippen LogP contribution in [0.25, 0.3) is 0 Å². The van der Waals surface area contributed by atoms with Crippen molar-refractivity contribution in [1.29, 1.82) is 5.26 Å². The van der Waals surface area contributed by atoms with E-state index in [9.17, 15) is 24.4 Å². The second-order valence-corrected chi connectivity index (χ2v) is 7.53. The van der Waals surface area contributed by atoms with Crippen LogP contribution < -0.4 is 5.32 Å². The molecule has 0 saturated carbocycles. The Balaban J connectivity index is 2.36. The van der Waals surface area contributed by atoms with Crippen molar-refractivity contribution in [3.05, 3.63) is 46.0 Å². The second kappa shape index (κ2) is 10.6. The van der Waals surface area contributed by atoms with Gasteiger partial charge in [-0.05, 0) is 19.4 Å². The van der Waals surface area contributed by atoms with Gasteiger partial charge in [-0.25, -0.2) is 0 Å². The van der Waals surface area contributed by atoms with E-state index in [1.165, 1.54) is 7.11 Å². The van der Waals surface area contributed by atoms with Crippen molar-refractivity contribution in [2.45, 2.75) is 26.2 Å². The molecule has 9 heteroatoms. The SMILES string of the molecule is CCOC(=O)CC(=O)CSC1=C(C#N)[C@@H](c2ccc(C)cc2)[C@@H](C(=O)OC)C(=O)N1. The van der Waals surface area contributed by atoms with Gasteiger partial charge in [-0.15, -0.1) is 0 Å². The van der Waals surface area contributed by atoms with Gasteiger partial charge in [-0.2, -0.15) is 5.26 Å². The summed E-state index contributed by atoms with van der Waals surface area (Å²) in [5.74, 6) is -4.62. The van der Waals surface area contributed by atoms with Gasteiger partial charge in [0.15, 0.2) is 5.78 Å². The molecule has 1 aliphatic heterocycles. The van der Waals surface area contributed by atoms with Crippen LogP contribution >= 0.6 is 11.8 Å². The number of ketones is 1. The predicted octanol–water partition coefficient (Wildman–Crippen LogP) is 1.99. The second-order valence-electron chi connectivity index (χ2n) is 6.54. The monoisotopic (exact) mass is 430 g/mol. The minimum absolute atomic E-state index is 0.136. The summed E-state index contributed by atoms with van der Waals surface area (Å²) in [5.41, 5.74) is 1.75. The highest BCUT2D eigenvalue weighted by molar-refractivity contribution is 8.03. The zero-order chi connectivity index (χ0) is 22.3. The molecular formula is C21H22N2O6S. The Labute approximate surface area is 178 Å². The Morgan fingerprint density at radius 2 is 1.90 bits per heavy atom. The van der Waals surface area contributed by atoms with Crippen molar-refractivity contribution in [2.24, 2.45) is 5.92 Å². The van der Waals surface area contributed by atoms with Crippen molar-refractivity contribution < 1.29 is 28.7 Å². The van der Waals surface area contributed by atoms with E-state index < -0.39 is 41.9 Å². The highest BCUT2D eigenvalue weighted by Crippen LogP contribution is 2.40. The molecule has 1 aromatic rings. The summed E-state index contributed by atoms with van der Waals surface area (Å²) in [5, 5.41) is 12.5. The molecule has 0 unspecified atom stereocenters. The number of amides is 1. The molecule has 2 atom stereocenters. The largest absolute Gasteiger partial charge is 0.468 e. The van der Waals surface area contributed by atoms with Gasteiger partial charge in [0, 0.05) is 5.92 Å². The first-order chi connectivity index (χ1) is 14.3. The summed E-state index contributed by atoms with van der Waals surface area (Å²) in [6.07, 6.45) is -0.393. The molecule has 158 valence electrons. The summed E-state index contributed by atoms with van der Waals surface area (Å²) in [4.78, 5) is 48.5. The molecule has 0 fully saturated rings. The first kappa shape index (κ1) is 23.2. The van der Waals surface area contributed by atoms with E-state index in [-0.39, 0.29) is 23.0 Å². The van der Waals surface area contributed by atoms with Crippen LogP contribution in [0.4, 0.5) is 0 Å². The number of nitriles is 1. The molecule has 0 aliphatic carbocycles. The number of aryl methyl sites for hydroxylation is 1. The van der Waals surface area contributed by atoms with Gasteiger partial charge in [0.25, 0.3) is 0 Å². The molecule has 30 heavy (non-hydrogen) atoms. The summed E-state index contributed by atoms with van der Waals surface area (Å²) >= 11 is 0.941. The molecule has 0 aromatic heterocycles. The normalized spacial score (nSPS) is 18.3. The lowest BCUT2D eigenvalue weighted by molar-refractivity contribution is -0.151. The van der Waals surface area contributed by atoms with Gasteiger partial charge >= 0.3 is 11.9 Å². The van der Waals surface area contributed by atoms with Crippen LogP contribution in [0.5, 0.6) is 0 Å². The molecule has 2 rings (SSSR count). The molecule has 0 bridgehead atoms. The van der Waals surface area contributed by atoms with Crippen LogP contribution in [0, 0.1) is 24.2 Å². The fourth-order valence-electron chi connectivity index (χ4n) is 3.03. The lowest BCUT2D eigenvalue weighted by atomic mass is 9.78. The number of nitrogens with one attached hydrogen (secondary N) is 1. The Morgan fingerprint density at radius 3 is 2.47 bits per heavy atom. The van der Waals surface area contributed by atoms with Gasteiger partial charge in [-0.1, -0.05) is 41.6 Å². The molecular weight excluding hydrogens is 408 g/mol. The van der Waals surface area contributed by atoms with E-state index in [1.807, 2.05) is 19.1 Å². The summed E-state index contributed by atoms with van der Waals surface area (Å²) in [7, 11) is 1.18. The standard InChI is InChI=1S/C21H22N2O6S/c1-4-29-16(25)9-14(24)11-30-20-15(10-22)17(13-7-5-12(2)6-8-13)18(19(26)23-20)21(27)28-3/h5-8,17-18H,4,9,11H2,1-3H3,(H,23,26)/t17-,18-/m1/s1. The Bertz CT molecular complexity index is 916. The lowest BCUT2D eigenvalue weighted by Gasteiger charge is -2.31. The number of methoxy groups -OCH3 is 1. The van der Waals surface area contributed by atoms with Gasteiger partial charge < -0.3 is 14.8 Å². The van der Waals surface area contributed by atoms with E-state index in [0.29, 0.717) is 5.56 Å². The van der Waals surface area contributed by atoms with Crippen molar-refractivity contribution in [2.75, 3.05) is 19.5 Å². The van der Waals surface area contributed by atoms with Crippen LogP contribution in [0.3, 0.4) is 0 Å². The third-order valence-corrected chi connectivity index (χ3v) is 5.52. The number of hydrogen-bond acceptors (Lipinski definition) is 8. The number of nitrogens with zero attached hydrogens (tertiary/aromatic N) is 1. The van der Waals surface area contributed by atoms with E-state index in [2.05, 4.69) is 11.4 Å². The average Bonchev–Trinajstić information content (AvgIpc) is 2.71. The molecule has 1 aromatic carbocycles. The van der Waals surface area contributed by atoms with E-state index in [0.717, 1.165) is 17.3 Å². The number of esters is 2. The topological polar surface area (TPSA) is 123 Å². The third kappa shape index (κ3) is 5.48. The minimum Gasteiger partial charge on any atom is -0.468 e. The molecule has 0 radical (unpaired) electrons. The first-order valence-corrected chi connectivity index (χ1v) is 10.2. The highest BCUT2D eigenvalue weighted by atomic mass is 32.2. The predicted molar refractivity (Wildman–Crippen MR) is 109 cm³/mol.